The number of carbonyl (C=O) groups is 1. The number of nitrogens with two attached hydrogens (primary N) is 1. The molecule has 0 aromatic rings. The molecule has 0 aliphatic heterocycles. The zero-order chi connectivity index (χ0) is 11.0. The van der Waals surface area contributed by atoms with Crippen molar-refractivity contribution in [2.24, 2.45) is 5.73 Å². The molecule has 5 heteroatoms. The van der Waals surface area contributed by atoms with E-state index in [9.17, 15) is 4.79 Å². The van der Waals surface area contributed by atoms with E-state index in [-0.39, 0.29) is 13.9 Å². The Hall–Kier alpha value is -0.805. The minimum Gasteiger partial charge on any atom is -0.480 e. The second-order valence-electron chi connectivity index (χ2n) is 3.49. The molecule has 14 heavy (non-hydrogen) atoms. The van der Waals surface area contributed by atoms with Crippen LogP contribution in [0.15, 0.2) is 12.7 Å². The maximum atomic E-state index is 10.9. The SMILES string of the molecule is C=CCC(N)(CCCCBO)C(=O)O. The lowest BCUT2D eigenvalue weighted by Gasteiger charge is -2.22. The number of carboxylic acid groups (broad SMARTS) is 1. The average molecular weight is 199 g/mol. The number of unbranched alkanes of at least 4 members (excludes halogenated alkanes) is 1. The topological polar surface area (TPSA) is 83.5 Å². The van der Waals surface area contributed by atoms with Crippen LogP contribution in [0, 0.1) is 0 Å². The highest BCUT2D eigenvalue weighted by atomic mass is 16.4. The van der Waals surface area contributed by atoms with Gasteiger partial charge < -0.3 is 15.9 Å². The van der Waals surface area contributed by atoms with Crippen molar-refractivity contribution >= 4 is 13.5 Å². The summed E-state index contributed by atoms with van der Waals surface area (Å²) in [4.78, 5) is 10.9. The first kappa shape index (κ1) is 13.2. The molecule has 0 aliphatic rings. The zero-order valence-corrected chi connectivity index (χ0v) is 8.41. The van der Waals surface area contributed by atoms with Crippen molar-refractivity contribution in [3.05, 3.63) is 12.7 Å². The summed E-state index contributed by atoms with van der Waals surface area (Å²) in [5.74, 6) is -0.985. The minimum absolute atomic E-state index is 0.145. The molecule has 4 nitrogen and oxygen atoms in total. The van der Waals surface area contributed by atoms with E-state index in [1.165, 1.54) is 6.08 Å². The van der Waals surface area contributed by atoms with Crippen LogP contribution in [0.1, 0.15) is 25.7 Å². The highest BCUT2D eigenvalue weighted by Gasteiger charge is 2.31. The van der Waals surface area contributed by atoms with Crippen LogP contribution in [0.5, 0.6) is 0 Å². The van der Waals surface area contributed by atoms with Crippen LogP contribution in [-0.2, 0) is 4.79 Å². The van der Waals surface area contributed by atoms with Crippen molar-refractivity contribution in [2.75, 3.05) is 0 Å². The lowest BCUT2D eigenvalue weighted by Crippen LogP contribution is -2.47. The van der Waals surface area contributed by atoms with Gasteiger partial charge >= 0.3 is 5.97 Å². The summed E-state index contributed by atoms with van der Waals surface area (Å²) in [6.07, 6.45) is 4.46. The molecule has 0 saturated heterocycles. The Morgan fingerprint density at radius 1 is 1.57 bits per heavy atom. The third kappa shape index (κ3) is 4.44. The van der Waals surface area contributed by atoms with Crippen LogP contribution in [0.3, 0.4) is 0 Å². The molecule has 0 fully saturated rings. The first-order chi connectivity index (χ1) is 6.56. The molecule has 0 bridgehead atoms. The van der Waals surface area contributed by atoms with Crippen molar-refractivity contribution in [3.63, 3.8) is 0 Å². The summed E-state index contributed by atoms with van der Waals surface area (Å²) in [5.41, 5.74) is 4.52. The highest BCUT2D eigenvalue weighted by molar-refractivity contribution is 6.25. The Kier molecular flexibility index (Phi) is 6.24. The average Bonchev–Trinajstić information content (AvgIpc) is 2.13. The smallest absolute Gasteiger partial charge is 0.323 e. The molecule has 1 atom stereocenters. The lowest BCUT2D eigenvalue weighted by atomic mass is 9.86. The monoisotopic (exact) mass is 199 g/mol. The van der Waals surface area contributed by atoms with Gasteiger partial charge in [0.2, 0.25) is 0 Å². The molecule has 4 N–H and O–H groups in total. The largest absolute Gasteiger partial charge is 0.480 e. The Morgan fingerprint density at radius 2 is 2.21 bits per heavy atom. The minimum atomic E-state index is -1.18. The van der Waals surface area contributed by atoms with E-state index < -0.39 is 11.5 Å². The number of aliphatic carboxylic acids is 1. The van der Waals surface area contributed by atoms with Gasteiger partial charge in [-0.05, 0) is 12.8 Å². The zero-order valence-electron chi connectivity index (χ0n) is 8.41. The van der Waals surface area contributed by atoms with Gasteiger partial charge in [0.05, 0.1) is 0 Å². The molecule has 1 unspecified atom stereocenters. The van der Waals surface area contributed by atoms with E-state index in [0.29, 0.717) is 12.7 Å². The number of carboxylic acids is 1. The molecule has 0 amide bonds. The Morgan fingerprint density at radius 3 is 2.64 bits per heavy atom. The van der Waals surface area contributed by atoms with Gasteiger partial charge in [-0.2, -0.15) is 0 Å². The summed E-state index contributed by atoms with van der Waals surface area (Å²) >= 11 is 0. The third-order valence-corrected chi connectivity index (χ3v) is 2.22. The molecule has 0 rings (SSSR count). The summed E-state index contributed by atoms with van der Waals surface area (Å²) in [6.45, 7) is 3.49. The van der Waals surface area contributed by atoms with Crippen LogP contribution < -0.4 is 5.73 Å². The van der Waals surface area contributed by atoms with Crippen LogP contribution >= 0.6 is 0 Å². The first-order valence-electron chi connectivity index (χ1n) is 4.81. The van der Waals surface area contributed by atoms with Gasteiger partial charge in [0.15, 0.2) is 0 Å². The molecule has 0 radical (unpaired) electrons. The van der Waals surface area contributed by atoms with E-state index in [2.05, 4.69) is 6.58 Å². The maximum Gasteiger partial charge on any atom is 0.323 e. The van der Waals surface area contributed by atoms with Crippen LogP contribution in [-0.4, -0.2) is 29.1 Å². The number of hydrogen-bond acceptors (Lipinski definition) is 3. The van der Waals surface area contributed by atoms with E-state index in [0.717, 1.165) is 12.8 Å². The summed E-state index contributed by atoms with van der Waals surface area (Å²) < 4.78 is 0. The molecule has 0 aliphatic carbocycles. The Labute approximate surface area is 85.1 Å². The predicted octanol–water partition coefficient (Wildman–Crippen LogP) is 0.277. The van der Waals surface area contributed by atoms with Gasteiger partial charge in [0, 0.05) is 0 Å². The third-order valence-electron chi connectivity index (χ3n) is 2.22. The van der Waals surface area contributed by atoms with Crippen LogP contribution in [0.2, 0.25) is 6.32 Å². The predicted molar refractivity (Wildman–Crippen MR) is 57.4 cm³/mol. The van der Waals surface area contributed by atoms with Gasteiger partial charge in [-0.1, -0.05) is 25.2 Å². The van der Waals surface area contributed by atoms with Gasteiger partial charge in [0.1, 0.15) is 5.54 Å². The first-order valence-corrected chi connectivity index (χ1v) is 4.81. The fraction of sp³-hybridized carbons (Fsp3) is 0.667. The van der Waals surface area contributed by atoms with E-state index in [1.54, 1.807) is 0 Å². The summed E-state index contributed by atoms with van der Waals surface area (Å²) in [7, 11) is 0.145. The van der Waals surface area contributed by atoms with Gasteiger partial charge in [-0.3, -0.25) is 4.79 Å². The molecule has 0 aromatic carbocycles. The Bertz CT molecular complexity index is 198. The van der Waals surface area contributed by atoms with Crippen molar-refractivity contribution in [3.8, 4) is 0 Å². The van der Waals surface area contributed by atoms with Crippen molar-refractivity contribution in [2.45, 2.75) is 37.5 Å². The van der Waals surface area contributed by atoms with Crippen LogP contribution in [0.4, 0.5) is 0 Å². The molecule has 0 spiro atoms. The summed E-state index contributed by atoms with van der Waals surface area (Å²) in [6, 6.07) is 0. The molecule has 0 aromatic heterocycles. The van der Waals surface area contributed by atoms with Gasteiger partial charge in [0.25, 0.3) is 7.48 Å². The Balaban J connectivity index is 3.96. The molecule has 0 saturated carbocycles. The molecular weight excluding hydrogens is 181 g/mol. The lowest BCUT2D eigenvalue weighted by molar-refractivity contribution is -0.143. The second kappa shape index (κ2) is 6.62. The van der Waals surface area contributed by atoms with Crippen molar-refractivity contribution < 1.29 is 14.9 Å². The fourth-order valence-electron chi connectivity index (χ4n) is 1.28. The summed E-state index contributed by atoms with van der Waals surface area (Å²) in [5, 5.41) is 17.4. The van der Waals surface area contributed by atoms with E-state index >= 15 is 0 Å². The van der Waals surface area contributed by atoms with E-state index in [4.69, 9.17) is 15.9 Å². The standard InChI is InChI=1S/C9H18BNO3/c1-2-5-9(11,8(12)13)6-3-4-7-10-14/h2,10,14H,1,3-7,11H2,(H,12,13). The van der Waals surface area contributed by atoms with E-state index in [1.807, 2.05) is 0 Å². The maximum absolute atomic E-state index is 10.9. The molecule has 80 valence electrons. The van der Waals surface area contributed by atoms with Gasteiger partial charge in [-0.25, -0.2) is 0 Å². The second-order valence-corrected chi connectivity index (χ2v) is 3.49. The quantitative estimate of drug-likeness (QED) is 0.297. The van der Waals surface area contributed by atoms with Crippen molar-refractivity contribution in [1.82, 2.24) is 0 Å². The van der Waals surface area contributed by atoms with Crippen LogP contribution in [0.25, 0.3) is 0 Å². The number of rotatable bonds is 8. The number of hydrogen-bond donors (Lipinski definition) is 3. The fourth-order valence-corrected chi connectivity index (χ4v) is 1.28. The normalized spacial score (nSPS) is 14.4. The molecule has 0 heterocycles. The van der Waals surface area contributed by atoms with Crippen molar-refractivity contribution in [1.29, 1.82) is 0 Å². The van der Waals surface area contributed by atoms with Gasteiger partial charge in [-0.15, -0.1) is 6.58 Å². The molecular formula is C9H18BNO3. The highest BCUT2D eigenvalue weighted by Crippen LogP contribution is 2.17.